The van der Waals surface area contributed by atoms with Crippen molar-refractivity contribution >= 4 is 71.3 Å². The molecule has 0 fully saturated rings. The minimum atomic E-state index is -0.514. The fraction of sp³-hybridized carbons (Fsp3) is 0.114. The number of amidine groups is 1. The molecule has 620 valence electrons. The van der Waals surface area contributed by atoms with E-state index in [1.807, 2.05) is 43.3 Å². The van der Waals surface area contributed by atoms with Crippen LogP contribution in [0.4, 0.5) is 32.8 Å². The normalized spacial score (nSPS) is 9.44. The number of benzene rings is 10. The Morgan fingerprint density at radius 1 is 0.521 bits per heavy atom. The molecule has 0 aliphatic carbocycles. The molecular formula is C79H76ClFK2N16O22. The van der Waals surface area contributed by atoms with Gasteiger partial charge in [0.1, 0.15) is 69.7 Å². The van der Waals surface area contributed by atoms with E-state index in [9.17, 15) is 64.6 Å². The summed E-state index contributed by atoms with van der Waals surface area (Å²) in [5.74, 6) is 4.48. The topological polar surface area (TPSA) is 556 Å². The van der Waals surface area contributed by atoms with E-state index in [0.717, 1.165) is 5.56 Å². The zero-order valence-corrected chi connectivity index (χ0v) is 73.2. The van der Waals surface area contributed by atoms with Gasteiger partial charge >= 0.3 is 103 Å². The number of methoxy groups -OCH3 is 2. The third-order valence-electron chi connectivity index (χ3n) is 13.5. The maximum Gasteiger partial charge on any atom is 1.00 e. The summed E-state index contributed by atoms with van der Waals surface area (Å²) in [4.78, 5) is 103. The maximum atomic E-state index is 12.1. The number of carbonyl (C=O) groups excluding carboxylic acids is 3. The van der Waals surface area contributed by atoms with Crippen LogP contribution in [-0.4, -0.2) is 134 Å². The molecule has 0 spiro atoms. The number of nitro benzene ring substituents is 5. The molecule has 6 N–H and O–H groups in total. The van der Waals surface area contributed by atoms with Gasteiger partial charge in [-0.15, -0.1) is 12.4 Å². The molecule has 0 saturated carbocycles. The summed E-state index contributed by atoms with van der Waals surface area (Å²) in [6.07, 6.45) is 2.69. The number of aromatic nitrogens is 3. The van der Waals surface area contributed by atoms with Crippen molar-refractivity contribution in [3.63, 3.8) is 0 Å². The number of hydrogen-bond donors (Lipinski definition) is 4. The van der Waals surface area contributed by atoms with Crippen LogP contribution in [0.5, 0.6) is 51.7 Å². The van der Waals surface area contributed by atoms with Crippen LogP contribution in [0, 0.1) is 91.4 Å². The molecule has 11 aromatic rings. The third kappa shape index (κ3) is 44.5. The number of phenolic OH excluding ortho intramolecular Hbond substituents is 1. The Morgan fingerprint density at radius 2 is 0.793 bits per heavy atom. The smallest absolute Gasteiger partial charge is 1.00 e. The van der Waals surface area contributed by atoms with E-state index in [1.54, 1.807) is 137 Å². The first-order chi connectivity index (χ1) is 56.2. The van der Waals surface area contributed by atoms with Crippen LogP contribution < -0.4 is 138 Å². The first-order valence-electron chi connectivity index (χ1n) is 33.3. The van der Waals surface area contributed by atoms with Crippen LogP contribution >= 0.6 is 12.4 Å². The first kappa shape index (κ1) is 108. The van der Waals surface area contributed by atoms with Crippen molar-refractivity contribution in [1.82, 2.24) is 24.8 Å². The molecule has 0 bridgehead atoms. The average Bonchev–Trinajstić information content (AvgIpc) is 0.887. The molecule has 38 nitrogen and oxygen atoms in total. The number of nitrogens with one attached hydrogen (secondary N) is 1. The van der Waals surface area contributed by atoms with Crippen LogP contribution in [0.3, 0.4) is 0 Å². The molecule has 1 heterocycles. The number of rotatable bonds is 21. The van der Waals surface area contributed by atoms with E-state index in [4.69, 9.17) is 71.0 Å². The number of hydrogen-bond acceptors (Lipinski definition) is 29. The summed E-state index contributed by atoms with van der Waals surface area (Å²) in [7, 11) is 10.5. The number of nitriles is 2. The zero-order valence-electron chi connectivity index (χ0n) is 67.2. The fourth-order valence-corrected chi connectivity index (χ4v) is 8.09. The second-order valence-electron chi connectivity index (χ2n) is 22.9. The van der Waals surface area contributed by atoms with Crippen molar-refractivity contribution < 1.29 is 191 Å². The second-order valence-corrected chi connectivity index (χ2v) is 22.9. The monoisotopic (exact) mass is 1730 g/mol. The molecule has 121 heavy (non-hydrogen) atoms. The van der Waals surface area contributed by atoms with Gasteiger partial charge in [-0.25, -0.2) is 19.3 Å². The Balaban J connectivity index is 0. The maximum absolute atomic E-state index is 12.1. The molecule has 1 aromatic heterocycles. The van der Waals surface area contributed by atoms with Crippen LogP contribution in [-0.2, 0) is 19.2 Å². The number of aryl methyl sites for hydroxylation is 1. The van der Waals surface area contributed by atoms with Gasteiger partial charge in [0.25, 0.3) is 40.8 Å². The predicted molar refractivity (Wildman–Crippen MR) is 432 cm³/mol. The summed E-state index contributed by atoms with van der Waals surface area (Å²) in [5.41, 5.74) is 12.5. The van der Waals surface area contributed by atoms with E-state index < -0.39 is 30.5 Å². The van der Waals surface area contributed by atoms with Crippen molar-refractivity contribution in [2.45, 2.75) is 20.3 Å². The Morgan fingerprint density at radius 3 is 1.04 bits per heavy atom. The standard InChI is InChI=1S/C16H12N4O3.C16H15N3O4.C13H10N2O4.C13H8N2O3.C7H4FN.C6H5NO3.C5H13NO2.C2H6N2.CH2O3.ClH.2K.H/c1-11-17-10-18-16(19-11)12-2-6-14(7-3-12)23-15-8-4-13(5-9-15)20(21)22;1-18(2)11-17-16(20)12-3-7-14(8-4-12)23-15-9-5-13(6-10-15)19(21)22;14-13(16)9-1-5-11(6-2-9)19-12-7-3-10(4-8-12)15(17)18;14-9-10-1-5-12(6-2-10)18-13-7-3-11(4-8-13)15(16)17;8-7-3-1-6(5-9)2-4-7;8-6-3-1-5(2-4-6)7(9)10;1-6(2)5(7-3)8-4;1-2(3)4;2-1-4-3;;;;/h2-10H,1H3;3-11H,1-2H3;1-8H,(H2,14,16);1-8H;1-4H;1-4,8H;5H,1-4H3;1H3,(H3,3,4);1,3H;1H;;;/q;;;;;;;;;;2*+1;-1/p-1. The molecule has 10 aromatic carbocycles. The predicted octanol–water partition coefficient (Wildman–Crippen LogP) is 8.45. The Kier molecular flexibility index (Phi) is 53.3. The number of ether oxygens (including phenoxy) is 6. The molecule has 0 unspecified atom stereocenters. The third-order valence-corrected chi connectivity index (χ3v) is 13.5. The van der Waals surface area contributed by atoms with Gasteiger partial charge in [0.15, 0.2) is 5.82 Å². The molecule has 2 amide bonds. The number of primary amides is 1. The SMILES string of the molecule is CC(=N)N.CN(C)C=NC(=O)c1ccc(Oc2ccc([N+](=O)[O-])cc2)cc1.COC(OC)N(C)C.Cc1ncnc(-c2ccc(Oc3ccc([N+](=O)[O-])cc3)cc2)n1.Cl.N#Cc1ccc(F)cc1.N#Cc1ccc(Oc2ccc([N+](=O)[O-])cc2)cc1.NC(=O)c1ccc(Oc2ccc([N+](=O)[O-])cc2)cc1.O=CO[O-].O=[N+]([O-])c1ccc(O)cc1.[H-].[K+].[K+]. The number of nitro groups is 5. The van der Waals surface area contributed by atoms with Crippen molar-refractivity contribution in [2.24, 2.45) is 16.5 Å². The van der Waals surface area contributed by atoms with Crippen LogP contribution in [0.25, 0.3) is 11.4 Å². The first-order valence-corrected chi connectivity index (χ1v) is 33.3. The number of nitrogens with zero attached hydrogens (tertiary/aromatic N) is 13. The number of aliphatic imine (C=N–C) groups is 1. The average molecular weight is 1730 g/mol. The van der Waals surface area contributed by atoms with E-state index in [2.05, 4.69) is 24.8 Å². The number of halogens is 2. The number of aromatic hydroxyl groups is 1. The van der Waals surface area contributed by atoms with Gasteiger partial charge in [0, 0.05) is 106 Å². The van der Waals surface area contributed by atoms with Crippen molar-refractivity contribution in [2.75, 3.05) is 42.4 Å². The van der Waals surface area contributed by atoms with Gasteiger partial charge in [0.05, 0.1) is 60.1 Å². The Bertz CT molecular complexity index is 5100. The van der Waals surface area contributed by atoms with Crippen LogP contribution in [0.2, 0.25) is 0 Å². The van der Waals surface area contributed by atoms with Gasteiger partial charge in [-0.2, -0.15) is 15.5 Å². The molecule has 42 heteroatoms. The van der Waals surface area contributed by atoms with Crippen LogP contribution in [0.1, 0.15) is 46.0 Å². The quantitative estimate of drug-likeness (QED) is 0.00765. The summed E-state index contributed by atoms with van der Waals surface area (Å²) >= 11 is 0. The van der Waals surface area contributed by atoms with Crippen molar-refractivity contribution in [3.8, 4) is 75.3 Å². The number of nitrogens with two attached hydrogens (primary N) is 2. The number of phenols is 1. The van der Waals surface area contributed by atoms with Gasteiger partial charge in [-0.1, -0.05) is 0 Å². The molecule has 11 rings (SSSR count). The molecule has 0 atom stereocenters. The second kappa shape index (κ2) is 59.7. The molecule has 0 aliphatic heterocycles. The van der Waals surface area contributed by atoms with Crippen molar-refractivity contribution in [3.05, 3.63) is 333 Å². The summed E-state index contributed by atoms with van der Waals surface area (Å²) < 4.78 is 44.0. The van der Waals surface area contributed by atoms with Gasteiger partial charge in [0.2, 0.25) is 12.3 Å². The van der Waals surface area contributed by atoms with E-state index in [-0.39, 0.29) is 181 Å². The van der Waals surface area contributed by atoms with E-state index in [1.165, 1.54) is 153 Å². The Hall–Kier alpha value is -12.9. The molecule has 0 aliphatic rings. The van der Waals surface area contributed by atoms with Gasteiger partial charge in [-0.05, 0) is 210 Å². The molecule has 0 saturated heterocycles. The fourth-order valence-electron chi connectivity index (χ4n) is 8.09. The zero-order chi connectivity index (χ0) is 87.7. The summed E-state index contributed by atoms with van der Waals surface area (Å²) in [6, 6.07) is 64.2. The van der Waals surface area contributed by atoms with E-state index in [0.29, 0.717) is 79.9 Å². The largest absolute Gasteiger partial charge is 1.00 e. The Labute approximate surface area is 783 Å². The number of amides is 2. The minimum absolute atomic E-state index is 0. The van der Waals surface area contributed by atoms with E-state index >= 15 is 0 Å². The van der Waals surface area contributed by atoms with Crippen LogP contribution in [0.15, 0.2) is 254 Å². The van der Waals surface area contributed by atoms with Crippen molar-refractivity contribution in [1.29, 1.82) is 15.9 Å². The number of non-ortho nitro benzene ring substituents is 5. The summed E-state index contributed by atoms with van der Waals surface area (Å²) in [6.45, 7) is 3.15. The molecular weight excluding hydrogens is 1660 g/mol. The number of carbonyl (C=O) groups is 3. The van der Waals surface area contributed by atoms with Gasteiger partial charge < -0.3 is 61.5 Å². The minimum Gasteiger partial charge on any atom is -1.00 e. The molecule has 0 radical (unpaired) electrons. The summed E-state index contributed by atoms with van der Waals surface area (Å²) in [5, 5.41) is 92.5. The van der Waals surface area contributed by atoms with Gasteiger partial charge in [-0.3, -0.25) is 75.3 Å².